The molecule has 2 saturated heterocycles. The molecular formula is C24H28F2N2O4S. The first-order chi connectivity index (χ1) is 15.8. The summed E-state index contributed by atoms with van der Waals surface area (Å²) in [5.74, 6) is -1.65. The van der Waals surface area contributed by atoms with Gasteiger partial charge in [-0.05, 0) is 49.6 Å². The minimum absolute atomic E-state index is 0.00681. The largest absolute Gasteiger partial charge is 0.487 e. The first-order valence-electron chi connectivity index (χ1n) is 11.3. The van der Waals surface area contributed by atoms with E-state index < -0.39 is 21.7 Å². The number of rotatable bonds is 5. The third-order valence-electron chi connectivity index (χ3n) is 6.31. The zero-order chi connectivity index (χ0) is 23.6. The maximum atomic E-state index is 13.9. The van der Waals surface area contributed by atoms with Crippen molar-refractivity contribution in [2.75, 3.05) is 26.2 Å². The zero-order valence-corrected chi connectivity index (χ0v) is 19.4. The molecule has 0 atom stereocenters. The van der Waals surface area contributed by atoms with Gasteiger partial charge in [-0.1, -0.05) is 12.5 Å². The Kier molecular flexibility index (Phi) is 6.99. The molecule has 9 heteroatoms. The lowest BCUT2D eigenvalue weighted by Gasteiger charge is -2.32. The van der Waals surface area contributed by atoms with Crippen molar-refractivity contribution in [2.45, 2.75) is 50.0 Å². The SMILES string of the molecule is Cc1ccc(S(=O)(=O)N2CCCCC2)cc1C(=O)N1CCC(Oc2ccc(F)cc2F)CC1. The maximum Gasteiger partial charge on any atom is 0.254 e. The molecule has 2 aliphatic rings. The molecule has 0 aliphatic carbocycles. The van der Waals surface area contributed by atoms with Crippen LogP contribution in [0.4, 0.5) is 8.78 Å². The molecule has 2 aromatic carbocycles. The minimum Gasteiger partial charge on any atom is -0.487 e. The second kappa shape index (κ2) is 9.77. The summed E-state index contributed by atoms with van der Waals surface area (Å²) in [6.45, 7) is 3.59. The highest BCUT2D eigenvalue weighted by molar-refractivity contribution is 7.89. The van der Waals surface area contributed by atoms with Crippen molar-refractivity contribution in [1.29, 1.82) is 0 Å². The first kappa shape index (κ1) is 23.6. The van der Waals surface area contributed by atoms with Crippen LogP contribution in [0.1, 0.15) is 48.0 Å². The molecule has 1 amide bonds. The van der Waals surface area contributed by atoms with Crippen LogP contribution in [0.15, 0.2) is 41.3 Å². The van der Waals surface area contributed by atoms with Crippen LogP contribution < -0.4 is 4.74 Å². The minimum atomic E-state index is -3.64. The van der Waals surface area contributed by atoms with E-state index in [1.165, 1.54) is 16.4 Å². The summed E-state index contributed by atoms with van der Waals surface area (Å²) in [7, 11) is -3.64. The molecule has 2 aromatic rings. The van der Waals surface area contributed by atoms with Gasteiger partial charge in [-0.15, -0.1) is 0 Å². The number of piperidine rings is 2. The van der Waals surface area contributed by atoms with E-state index in [4.69, 9.17) is 4.74 Å². The van der Waals surface area contributed by atoms with Crippen LogP contribution in [0.25, 0.3) is 0 Å². The van der Waals surface area contributed by atoms with Crippen LogP contribution in [-0.2, 0) is 10.0 Å². The average Bonchev–Trinajstić information content (AvgIpc) is 2.82. The lowest BCUT2D eigenvalue weighted by molar-refractivity contribution is 0.0587. The lowest BCUT2D eigenvalue weighted by atomic mass is 10.0. The first-order valence-corrected chi connectivity index (χ1v) is 12.7. The molecule has 6 nitrogen and oxygen atoms in total. The number of hydrogen-bond donors (Lipinski definition) is 0. The van der Waals surface area contributed by atoms with E-state index in [-0.39, 0.29) is 22.7 Å². The molecule has 4 rings (SSSR count). The van der Waals surface area contributed by atoms with E-state index in [1.54, 1.807) is 24.0 Å². The molecule has 0 unspecified atom stereocenters. The Morgan fingerprint density at radius 2 is 1.67 bits per heavy atom. The molecule has 0 saturated carbocycles. The number of halogens is 2. The van der Waals surface area contributed by atoms with Gasteiger partial charge in [0.25, 0.3) is 5.91 Å². The van der Waals surface area contributed by atoms with Crippen LogP contribution in [0.3, 0.4) is 0 Å². The number of hydrogen-bond acceptors (Lipinski definition) is 4. The van der Waals surface area contributed by atoms with Crippen LogP contribution in [0.5, 0.6) is 5.75 Å². The standard InChI is InChI=1S/C24H28F2N2O4S/c1-17-5-7-20(33(30,31)28-11-3-2-4-12-28)16-21(17)24(29)27-13-9-19(10-14-27)32-23-8-6-18(25)15-22(23)26/h5-8,15-16,19H,2-4,9-14H2,1H3. The van der Waals surface area contributed by atoms with E-state index >= 15 is 0 Å². The van der Waals surface area contributed by atoms with Gasteiger partial charge in [-0.25, -0.2) is 17.2 Å². The van der Waals surface area contributed by atoms with E-state index in [9.17, 15) is 22.0 Å². The summed E-state index contributed by atoms with van der Waals surface area (Å²) in [4.78, 5) is 15.0. The van der Waals surface area contributed by atoms with Crippen molar-refractivity contribution >= 4 is 15.9 Å². The number of ether oxygens (including phenoxy) is 1. The second-order valence-electron chi connectivity index (χ2n) is 8.63. The third-order valence-corrected chi connectivity index (χ3v) is 8.20. The molecule has 0 bridgehead atoms. The Morgan fingerprint density at radius 1 is 0.970 bits per heavy atom. The Hall–Kier alpha value is -2.52. The molecule has 0 spiro atoms. The van der Waals surface area contributed by atoms with Crippen molar-refractivity contribution in [1.82, 2.24) is 9.21 Å². The summed E-state index contributed by atoms with van der Waals surface area (Å²) < 4.78 is 60.2. The molecule has 0 aromatic heterocycles. The molecular weight excluding hydrogens is 450 g/mol. The third kappa shape index (κ3) is 5.19. The van der Waals surface area contributed by atoms with Gasteiger partial charge in [-0.3, -0.25) is 4.79 Å². The monoisotopic (exact) mass is 478 g/mol. The van der Waals surface area contributed by atoms with Crippen LogP contribution >= 0.6 is 0 Å². The molecule has 0 radical (unpaired) electrons. The topological polar surface area (TPSA) is 66.9 Å². The average molecular weight is 479 g/mol. The smallest absolute Gasteiger partial charge is 0.254 e. The van der Waals surface area contributed by atoms with Gasteiger partial charge in [-0.2, -0.15) is 4.31 Å². The number of likely N-dealkylation sites (tertiary alicyclic amines) is 1. The lowest BCUT2D eigenvalue weighted by Crippen LogP contribution is -2.42. The molecule has 2 aliphatic heterocycles. The number of aryl methyl sites for hydroxylation is 1. The fourth-order valence-corrected chi connectivity index (χ4v) is 5.89. The van der Waals surface area contributed by atoms with Crippen molar-refractivity contribution in [3.63, 3.8) is 0 Å². The molecule has 33 heavy (non-hydrogen) atoms. The molecule has 0 N–H and O–H groups in total. The van der Waals surface area contributed by atoms with Gasteiger partial charge < -0.3 is 9.64 Å². The second-order valence-corrected chi connectivity index (χ2v) is 10.6. The van der Waals surface area contributed by atoms with Gasteiger partial charge in [0.1, 0.15) is 11.9 Å². The summed E-state index contributed by atoms with van der Waals surface area (Å²) in [5.41, 5.74) is 1.08. The van der Waals surface area contributed by atoms with Gasteiger partial charge in [0.05, 0.1) is 4.90 Å². The zero-order valence-electron chi connectivity index (χ0n) is 18.6. The Balaban J connectivity index is 1.44. The highest BCUT2D eigenvalue weighted by Gasteiger charge is 2.29. The number of amides is 1. The quantitative estimate of drug-likeness (QED) is 0.648. The maximum absolute atomic E-state index is 13.9. The van der Waals surface area contributed by atoms with Gasteiger partial charge in [0.2, 0.25) is 10.0 Å². The molecule has 2 fully saturated rings. The normalized spacial score (nSPS) is 18.3. The Morgan fingerprint density at radius 3 is 2.33 bits per heavy atom. The predicted molar refractivity (Wildman–Crippen MR) is 120 cm³/mol. The summed E-state index contributed by atoms with van der Waals surface area (Å²) in [6.07, 6.45) is 3.41. The van der Waals surface area contributed by atoms with E-state index in [1.807, 2.05) is 0 Å². The van der Waals surface area contributed by atoms with Crippen molar-refractivity contribution in [3.05, 3.63) is 59.2 Å². The summed E-state index contributed by atoms with van der Waals surface area (Å²) in [6, 6.07) is 7.91. The van der Waals surface area contributed by atoms with Crippen LogP contribution in [-0.4, -0.2) is 55.8 Å². The number of nitrogens with zero attached hydrogens (tertiary/aromatic N) is 2. The predicted octanol–water partition coefficient (Wildman–Crippen LogP) is 4.13. The van der Waals surface area contributed by atoms with E-state index in [2.05, 4.69) is 0 Å². The van der Waals surface area contributed by atoms with E-state index in [0.717, 1.165) is 31.4 Å². The van der Waals surface area contributed by atoms with Crippen molar-refractivity contribution < 1.29 is 26.7 Å². The van der Waals surface area contributed by atoms with Crippen molar-refractivity contribution in [3.8, 4) is 5.75 Å². The molecule has 178 valence electrons. The van der Waals surface area contributed by atoms with Crippen molar-refractivity contribution in [2.24, 2.45) is 0 Å². The van der Waals surface area contributed by atoms with Crippen LogP contribution in [0, 0.1) is 18.6 Å². The van der Waals surface area contributed by atoms with Crippen LogP contribution in [0.2, 0.25) is 0 Å². The van der Waals surface area contributed by atoms with Gasteiger partial charge in [0, 0.05) is 50.7 Å². The van der Waals surface area contributed by atoms with Gasteiger partial charge in [0.15, 0.2) is 11.6 Å². The number of sulfonamides is 1. The van der Waals surface area contributed by atoms with E-state index in [0.29, 0.717) is 50.1 Å². The Labute approximate surface area is 193 Å². The van der Waals surface area contributed by atoms with Gasteiger partial charge >= 0.3 is 0 Å². The highest BCUT2D eigenvalue weighted by Crippen LogP contribution is 2.26. The Bertz CT molecular complexity index is 1130. The summed E-state index contributed by atoms with van der Waals surface area (Å²) in [5, 5.41) is 0. The fraction of sp³-hybridized carbons (Fsp3) is 0.458. The fourth-order valence-electron chi connectivity index (χ4n) is 4.34. The number of benzene rings is 2. The highest BCUT2D eigenvalue weighted by atomic mass is 32.2. The number of carbonyl (C=O) groups is 1. The number of carbonyl (C=O) groups excluding carboxylic acids is 1. The molecule has 2 heterocycles. The summed E-state index contributed by atoms with van der Waals surface area (Å²) >= 11 is 0.